The van der Waals surface area contributed by atoms with Crippen molar-refractivity contribution in [2.45, 2.75) is 6.92 Å². The number of nitrogens with zero attached hydrogens (tertiary/aromatic N) is 2. The molecule has 0 spiro atoms. The number of amides is 1. The van der Waals surface area contributed by atoms with Crippen LogP contribution in [0.25, 0.3) is 16.9 Å². The van der Waals surface area contributed by atoms with Gasteiger partial charge in [0.15, 0.2) is 0 Å². The van der Waals surface area contributed by atoms with Gasteiger partial charge in [-0.15, -0.1) is 0 Å². The SMILES string of the molecule is Cc1cccc(-c2cn3cccc(C(N)=O)c3n2)c1. The predicted octanol–water partition coefficient (Wildman–Crippen LogP) is 2.41. The van der Waals surface area contributed by atoms with Gasteiger partial charge in [-0.25, -0.2) is 4.98 Å². The summed E-state index contributed by atoms with van der Waals surface area (Å²) in [5.41, 5.74) is 9.41. The summed E-state index contributed by atoms with van der Waals surface area (Å²) in [5.74, 6) is -0.466. The van der Waals surface area contributed by atoms with E-state index in [0.717, 1.165) is 11.3 Å². The van der Waals surface area contributed by atoms with Crippen LogP contribution in [-0.4, -0.2) is 15.3 Å². The number of rotatable bonds is 2. The van der Waals surface area contributed by atoms with Crippen molar-refractivity contribution >= 4 is 11.6 Å². The zero-order valence-corrected chi connectivity index (χ0v) is 10.5. The number of hydrogen-bond acceptors (Lipinski definition) is 2. The lowest BCUT2D eigenvalue weighted by atomic mass is 10.1. The lowest BCUT2D eigenvalue weighted by Crippen LogP contribution is -2.12. The molecule has 4 nitrogen and oxygen atoms in total. The van der Waals surface area contributed by atoms with Gasteiger partial charge in [-0.05, 0) is 25.1 Å². The van der Waals surface area contributed by atoms with Crippen molar-refractivity contribution in [2.75, 3.05) is 0 Å². The second-order valence-corrected chi connectivity index (χ2v) is 4.51. The first-order valence-corrected chi connectivity index (χ1v) is 6.00. The molecule has 0 saturated heterocycles. The van der Waals surface area contributed by atoms with E-state index < -0.39 is 5.91 Å². The Balaban J connectivity index is 2.22. The van der Waals surface area contributed by atoms with E-state index in [2.05, 4.69) is 11.1 Å². The molecule has 0 aliphatic heterocycles. The summed E-state index contributed by atoms with van der Waals surface area (Å²) in [4.78, 5) is 15.9. The van der Waals surface area contributed by atoms with Crippen molar-refractivity contribution in [1.29, 1.82) is 0 Å². The van der Waals surface area contributed by atoms with E-state index in [4.69, 9.17) is 5.73 Å². The maximum Gasteiger partial charge on any atom is 0.252 e. The number of fused-ring (bicyclic) bond motifs is 1. The quantitative estimate of drug-likeness (QED) is 0.760. The Morgan fingerprint density at radius 1 is 1.26 bits per heavy atom. The minimum atomic E-state index is -0.466. The van der Waals surface area contributed by atoms with E-state index in [9.17, 15) is 4.79 Å². The highest BCUT2D eigenvalue weighted by molar-refractivity contribution is 5.98. The second-order valence-electron chi connectivity index (χ2n) is 4.51. The lowest BCUT2D eigenvalue weighted by molar-refractivity contribution is 0.100. The summed E-state index contributed by atoms with van der Waals surface area (Å²) in [6, 6.07) is 11.6. The number of pyridine rings is 1. The Kier molecular flexibility index (Phi) is 2.56. The standard InChI is InChI=1S/C15H13N3O/c1-10-4-2-5-11(8-10)13-9-18-7-3-6-12(14(16)19)15(18)17-13/h2-9H,1H3,(H2,16,19). The Morgan fingerprint density at radius 3 is 2.84 bits per heavy atom. The van der Waals surface area contributed by atoms with Crippen LogP contribution in [0.5, 0.6) is 0 Å². The van der Waals surface area contributed by atoms with Gasteiger partial charge in [0.2, 0.25) is 0 Å². The molecule has 3 rings (SSSR count). The van der Waals surface area contributed by atoms with E-state index in [1.165, 1.54) is 5.56 Å². The second kappa shape index (κ2) is 4.24. The summed E-state index contributed by atoms with van der Waals surface area (Å²) in [6.45, 7) is 2.04. The number of aromatic nitrogens is 2. The van der Waals surface area contributed by atoms with E-state index in [0.29, 0.717) is 11.2 Å². The van der Waals surface area contributed by atoms with Gasteiger partial charge in [0.1, 0.15) is 5.65 Å². The molecule has 0 fully saturated rings. The zero-order chi connectivity index (χ0) is 13.4. The molecule has 2 aromatic heterocycles. The van der Waals surface area contributed by atoms with Crippen molar-refractivity contribution in [3.8, 4) is 11.3 Å². The van der Waals surface area contributed by atoms with Crippen LogP contribution in [0.4, 0.5) is 0 Å². The minimum absolute atomic E-state index is 0.432. The predicted molar refractivity (Wildman–Crippen MR) is 73.9 cm³/mol. The number of carbonyl (C=O) groups is 1. The number of benzene rings is 1. The molecule has 1 amide bonds. The number of nitrogens with two attached hydrogens (primary N) is 1. The largest absolute Gasteiger partial charge is 0.365 e. The molecule has 2 heterocycles. The highest BCUT2D eigenvalue weighted by Gasteiger charge is 2.11. The molecule has 0 atom stereocenters. The molecular weight excluding hydrogens is 238 g/mol. The van der Waals surface area contributed by atoms with Crippen molar-refractivity contribution < 1.29 is 4.79 Å². The normalized spacial score (nSPS) is 10.8. The Morgan fingerprint density at radius 2 is 2.11 bits per heavy atom. The average molecular weight is 251 g/mol. The first-order valence-electron chi connectivity index (χ1n) is 6.00. The highest BCUT2D eigenvalue weighted by atomic mass is 16.1. The number of aryl methyl sites for hydroxylation is 1. The number of carbonyl (C=O) groups excluding carboxylic acids is 1. The Labute approximate surface area is 110 Å². The topological polar surface area (TPSA) is 60.4 Å². The average Bonchev–Trinajstić information content (AvgIpc) is 2.82. The van der Waals surface area contributed by atoms with Gasteiger partial charge >= 0.3 is 0 Å². The van der Waals surface area contributed by atoms with Gasteiger partial charge < -0.3 is 10.1 Å². The molecule has 0 unspecified atom stereocenters. The third-order valence-electron chi connectivity index (χ3n) is 3.06. The highest BCUT2D eigenvalue weighted by Crippen LogP contribution is 2.21. The summed E-state index contributed by atoms with van der Waals surface area (Å²) >= 11 is 0. The molecule has 0 bridgehead atoms. The molecule has 0 saturated carbocycles. The monoisotopic (exact) mass is 251 g/mol. The van der Waals surface area contributed by atoms with Crippen molar-refractivity contribution in [2.24, 2.45) is 5.73 Å². The minimum Gasteiger partial charge on any atom is -0.365 e. The Hall–Kier alpha value is -2.62. The summed E-state index contributed by atoms with van der Waals surface area (Å²) < 4.78 is 1.82. The van der Waals surface area contributed by atoms with Crippen LogP contribution in [0.1, 0.15) is 15.9 Å². The van der Waals surface area contributed by atoms with Gasteiger partial charge in [0.25, 0.3) is 5.91 Å². The van der Waals surface area contributed by atoms with Gasteiger partial charge in [-0.3, -0.25) is 4.79 Å². The first kappa shape index (κ1) is 11.5. The molecular formula is C15H13N3O. The van der Waals surface area contributed by atoms with Crippen LogP contribution in [0.3, 0.4) is 0 Å². The number of primary amides is 1. The van der Waals surface area contributed by atoms with Gasteiger partial charge in [0.05, 0.1) is 11.3 Å². The maximum atomic E-state index is 11.4. The van der Waals surface area contributed by atoms with Crippen molar-refractivity contribution in [1.82, 2.24) is 9.38 Å². The smallest absolute Gasteiger partial charge is 0.252 e. The molecule has 1 aromatic carbocycles. The van der Waals surface area contributed by atoms with Crippen LogP contribution in [-0.2, 0) is 0 Å². The fourth-order valence-electron chi connectivity index (χ4n) is 2.15. The van der Waals surface area contributed by atoms with Gasteiger partial charge in [-0.1, -0.05) is 23.8 Å². The molecule has 2 N–H and O–H groups in total. The Bertz CT molecular complexity index is 774. The van der Waals surface area contributed by atoms with E-state index in [1.54, 1.807) is 12.1 Å². The third-order valence-corrected chi connectivity index (χ3v) is 3.06. The molecule has 3 aromatic rings. The van der Waals surface area contributed by atoms with Crippen molar-refractivity contribution in [3.63, 3.8) is 0 Å². The summed E-state index contributed by atoms with van der Waals surface area (Å²) in [7, 11) is 0. The number of hydrogen-bond donors (Lipinski definition) is 1. The van der Waals surface area contributed by atoms with Crippen LogP contribution in [0.15, 0.2) is 48.8 Å². The van der Waals surface area contributed by atoms with Crippen LogP contribution < -0.4 is 5.73 Å². The van der Waals surface area contributed by atoms with E-state index in [1.807, 2.05) is 41.9 Å². The van der Waals surface area contributed by atoms with E-state index >= 15 is 0 Å². The van der Waals surface area contributed by atoms with Crippen LogP contribution >= 0.6 is 0 Å². The molecule has 0 aliphatic carbocycles. The fourth-order valence-corrected chi connectivity index (χ4v) is 2.15. The molecule has 0 aliphatic rings. The van der Waals surface area contributed by atoms with Crippen LogP contribution in [0, 0.1) is 6.92 Å². The summed E-state index contributed by atoms with van der Waals surface area (Å²) in [5, 5.41) is 0. The van der Waals surface area contributed by atoms with Gasteiger partial charge in [-0.2, -0.15) is 0 Å². The first-order chi connectivity index (χ1) is 9.15. The fraction of sp³-hybridized carbons (Fsp3) is 0.0667. The van der Waals surface area contributed by atoms with E-state index in [-0.39, 0.29) is 0 Å². The molecule has 0 radical (unpaired) electrons. The maximum absolute atomic E-state index is 11.4. The molecule has 4 heteroatoms. The van der Waals surface area contributed by atoms with Crippen molar-refractivity contribution in [3.05, 3.63) is 59.9 Å². The molecule has 19 heavy (non-hydrogen) atoms. The van der Waals surface area contributed by atoms with Crippen LogP contribution in [0.2, 0.25) is 0 Å². The lowest BCUT2D eigenvalue weighted by Gasteiger charge is -1.97. The zero-order valence-electron chi connectivity index (χ0n) is 10.5. The molecule has 94 valence electrons. The summed E-state index contributed by atoms with van der Waals surface area (Å²) in [6.07, 6.45) is 3.75. The third kappa shape index (κ3) is 1.97. The number of imidazole rings is 1. The van der Waals surface area contributed by atoms with Gasteiger partial charge in [0, 0.05) is 18.0 Å².